The lowest BCUT2D eigenvalue weighted by atomic mass is 10.1. The van der Waals surface area contributed by atoms with Gasteiger partial charge in [0.1, 0.15) is 6.54 Å². The Hall–Kier alpha value is -4.97. The molecule has 6 heteroatoms. The summed E-state index contributed by atoms with van der Waals surface area (Å²) in [4.78, 5) is 33.5. The predicted molar refractivity (Wildman–Crippen MR) is 159 cm³/mol. The van der Waals surface area contributed by atoms with Crippen molar-refractivity contribution in [3.63, 3.8) is 0 Å². The highest BCUT2D eigenvalue weighted by Gasteiger charge is 2.22. The highest BCUT2D eigenvalue weighted by atomic mass is 16.2. The zero-order valence-corrected chi connectivity index (χ0v) is 23.0. The van der Waals surface area contributed by atoms with Crippen LogP contribution in [0.2, 0.25) is 0 Å². The molecular formula is C34H32N4O2. The third-order valence-corrected chi connectivity index (χ3v) is 7.01. The predicted octanol–water partition coefficient (Wildman–Crippen LogP) is 6.75. The molecule has 0 aliphatic heterocycles. The van der Waals surface area contributed by atoms with Gasteiger partial charge in [0.15, 0.2) is 0 Å². The number of anilines is 1. The molecule has 4 aromatic carbocycles. The molecule has 0 aliphatic carbocycles. The van der Waals surface area contributed by atoms with Crippen LogP contribution in [0.1, 0.15) is 32.6 Å². The first-order valence-electron chi connectivity index (χ1n) is 13.3. The molecule has 1 aromatic heterocycles. The molecule has 40 heavy (non-hydrogen) atoms. The van der Waals surface area contributed by atoms with Crippen molar-refractivity contribution in [2.75, 3.05) is 11.9 Å². The topological polar surface area (TPSA) is 67.2 Å². The van der Waals surface area contributed by atoms with Crippen LogP contribution in [0.5, 0.6) is 0 Å². The number of nitrogens with one attached hydrogen (secondary N) is 1. The average molecular weight is 529 g/mol. The van der Waals surface area contributed by atoms with E-state index >= 15 is 0 Å². The summed E-state index contributed by atoms with van der Waals surface area (Å²) in [7, 11) is 0. The van der Waals surface area contributed by atoms with Crippen LogP contribution in [0.4, 0.5) is 5.95 Å². The van der Waals surface area contributed by atoms with Gasteiger partial charge in [0, 0.05) is 29.6 Å². The van der Waals surface area contributed by atoms with Gasteiger partial charge in [-0.1, -0.05) is 84.9 Å². The fourth-order valence-corrected chi connectivity index (χ4v) is 4.61. The van der Waals surface area contributed by atoms with Gasteiger partial charge in [-0.3, -0.25) is 19.5 Å². The zero-order valence-electron chi connectivity index (χ0n) is 23.0. The summed E-state index contributed by atoms with van der Waals surface area (Å²) in [6.45, 7) is 6.22. The maximum atomic E-state index is 13.6. The largest absolute Gasteiger partial charge is 0.325 e. The number of hydrogen-bond donors (Lipinski definition) is 1. The van der Waals surface area contributed by atoms with Crippen LogP contribution < -0.4 is 5.32 Å². The van der Waals surface area contributed by atoms with Gasteiger partial charge in [-0.2, -0.15) is 0 Å². The van der Waals surface area contributed by atoms with Crippen LogP contribution in [0.3, 0.4) is 0 Å². The van der Waals surface area contributed by atoms with Crippen molar-refractivity contribution in [1.29, 1.82) is 0 Å². The van der Waals surface area contributed by atoms with Crippen molar-refractivity contribution < 1.29 is 9.59 Å². The molecule has 0 fully saturated rings. The second kappa shape index (κ2) is 11.8. The standard InChI is InChI=1S/C34H32N4O2/c1-24-18-19-29(20-26(24)3)38-22-31(28-15-8-5-9-16-28)35-34(38)36-32(39)23-37(21-27-13-6-4-7-14-27)33(40)30-17-11-10-12-25(30)2/h4-20,22H,21,23H2,1-3H3,(H,35,36,39). The van der Waals surface area contributed by atoms with Crippen molar-refractivity contribution in [3.05, 3.63) is 137 Å². The summed E-state index contributed by atoms with van der Waals surface area (Å²) < 4.78 is 1.89. The fourth-order valence-electron chi connectivity index (χ4n) is 4.61. The van der Waals surface area contributed by atoms with Gasteiger partial charge in [-0.25, -0.2) is 4.98 Å². The van der Waals surface area contributed by atoms with Crippen LogP contribution in [0.15, 0.2) is 109 Å². The molecule has 0 spiro atoms. The highest BCUT2D eigenvalue weighted by molar-refractivity contribution is 6.00. The second-order valence-corrected chi connectivity index (χ2v) is 9.96. The second-order valence-electron chi connectivity index (χ2n) is 9.96. The van der Waals surface area contributed by atoms with Crippen LogP contribution in [-0.4, -0.2) is 32.8 Å². The Morgan fingerprint density at radius 2 is 1.45 bits per heavy atom. The minimum atomic E-state index is -0.326. The molecule has 5 rings (SSSR count). The van der Waals surface area contributed by atoms with E-state index in [4.69, 9.17) is 4.98 Å². The number of amides is 2. The SMILES string of the molecule is Cc1ccc(-n2cc(-c3ccccc3)nc2NC(=O)CN(Cc2ccccc2)C(=O)c2ccccc2C)cc1C. The Bertz CT molecular complexity index is 1640. The Kier molecular flexibility index (Phi) is 7.87. The lowest BCUT2D eigenvalue weighted by Gasteiger charge is -2.23. The van der Waals surface area contributed by atoms with E-state index in [1.165, 1.54) is 5.56 Å². The number of aromatic nitrogens is 2. The monoisotopic (exact) mass is 528 g/mol. The van der Waals surface area contributed by atoms with Crippen LogP contribution in [0.25, 0.3) is 16.9 Å². The molecule has 6 nitrogen and oxygen atoms in total. The van der Waals surface area contributed by atoms with E-state index in [9.17, 15) is 9.59 Å². The van der Waals surface area contributed by atoms with Crippen molar-refractivity contribution in [2.24, 2.45) is 0 Å². The smallest absolute Gasteiger partial charge is 0.254 e. The highest BCUT2D eigenvalue weighted by Crippen LogP contribution is 2.25. The maximum Gasteiger partial charge on any atom is 0.254 e. The van der Waals surface area contributed by atoms with E-state index in [1.54, 1.807) is 11.0 Å². The molecule has 0 aliphatic rings. The van der Waals surface area contributed by atoms with Crippen molar-refractivity contribution in [2.45, 2.75) is 27.3 Å². The first-order chi connectivity index (χ1) is 19.4. The Labute approximate surface area is 234 Å². The number of carbonyl (C=O) groups is 2. The van der Waals surface area contributed by atoms with Crippen LogP contribution in [-0.2, 0) is 11.3 Å². The average Bonchev–Trinajstić information content (AvgIpc) is 3.38. The van der Waals surface area contributed by atoms with Gasteiger partial charge < -0.3 is 4.90 Å². The third-order valence-electron chi connectivity index (χ3n) is 7.01. The molecule has 1 heterocycles. The lowest BCUT2D eigenvalue weighted by Crippen LogP contribution is -2.38. The van der Waals surface area contributed by atoms with Gasteiger partial charge in [-0.05, 0) is 61.2 Å². The first kappa shape index (κ1) is 26.6. The fraction of sp³-hybridized carbons (Fsp3) is 0.147. The molecule has 200 valence electrons. The van der Waals surface area contributed by atoms with Gasteiger partial charge in [-0.15, -0.1) is 0 Å². The Balaban J connectivity index is 1.46. The van der Waals surface area contributed by atoms with Gasteiger partial charge in [0.05, 0.1) is 5.69 Å². The number of carbonyl (C=O) groups excluding carboxylic acids is 2. The van der Waals surface area contributed by atoms with E-state index in [-0.39, 0.29) is 18.4 Å². The normalized spacial score (nSPS) is 10.8. The summed E-state index contributed by atoms with van der Waals surface area (Å²) in [5.74, 6) is -0.122. The zero-order chi connectivity index (χ0) is 28.1. The summed E-state index contributed by atoms with van der Waals surface area (Å²) in [6, 6.07) is 33.1. The van der Waals surface area contributed by atoms with E-state index in [1.807, 2.05) is 103 Å². The van der Waals surface area contributed by atoms with Crippen LogP contribution >= 0.6 is 0 Å². The molecule has 0 radical (unpaired) electrons. The Morgan fingerprint density at radius 3 is 2.15 bits per heavy atom. The van der Waals surface area contributed by atoms with Crippen molar-refractivity contribution in [3.8, 4) is 16.9 Å². The van der Waals surface area contributed by atoms with Crippen LogP contribution in [0, 0.1) is 20.8 Å². The lowest BCUT2D eigenvalue weighted by molar-refractivity contribution is -0.117. The van der Waals surface area contributed by atoms with Gasteiger partial charge in [0.2, 0.25) is 11.9 Å². The minimum Gasteiger partial charge on any atom is -0.325 e. The minimum absolute atomic E-state index is 0.123. The number of aryl methyl sites for hydroxylation is 3. The number of benzene rings is 4. The number of nitrogens with zero attached hydrogens (tertiary/aromatic N) is 3. The Morgan fingerprint density at radius 1 is 0.775 bits per heavy atom. The van der Waals surface area contributed by atoms with Crippen molar-refractivity contribution >= 4 is 17.8 Å². The molecule has 0 atom stereocenters. The van der Waals surface area contributed by atoms with E-state index < -0.39 is 0 Å². The summed E-state index contributed by atoms with van der Waals surface area (Å²) in [5, 5.41) is 2.99. The number of rotatable bonds is 8. The molecule has 0 saturated heterocycles. The van der Waals surface area contributed by atoms with E-state index in [0.717, 1.165) is 33.6 Å². The molecule has 2 amide bonds. The van der Waals surface area contributed by atoms with E-state index in [0.29, 0.717) is 18.1 Å². The van der Waals surface area contributed by atoms with Gasteiger partial charge in [0.25, 0.3) is 5.91 Å². The summed E-state index contributed by atoms with van der Waals surface area (Å²) in [5.41, 5.74) is 7.29. The molecule has 1 N–H and O–H groups in total. The summed E-state index contributed by atoms with van der Waals surface area (Å²) >= 11 is 0. The van der Waals surface area contributed by atoms with E-state index in [2.05, 4.69) is 31.3 Å². The third kappa shape index (κ3) is 6.02. The van der Waals surface area contributed by atoms with Crippen molar-refractivity contribution in [1.82, 2.24) is 14.5 Å². The quantitative estimate of drug-likeness (QED) is 0.242. The van der Waals surface area contributed by atoms with Gasteiger partial charge >= 0.3 is 0 Å². The molecule has 5 aromatic rings. The molecule has 0 saturated carbocycles. The molecule has 0 unspecified atom stereocenters. The molecular weight excluding hydrogens is 496 g/mol. The summed E-state index contributed by atoms with van der Waals surface area (Å²) in [6.07, 6.45) is 1.93. The number of hydrogen-bond acceptors (Lipinski definition) is 3. The molecule has 0 bridgehead atoms. The first-order valence-corrected chi connectivity index (χ1v) is 13.3. The number of imidazole rings is 1. The maximum absolute atomic E-state index is 13.6.